The Bertz CT molecular complexity index is 300. The molecule has 0 aliphatic heterocycles. The van der Waals surface area contributed by atoms with E-state index in [2.05, 4.69) is 0 Å². The van der Waals surface area contributed by atoms with E-state index in [-0.39, 0.29) is 0 Å². The lowest BCUT2D eigenvalue weighted by atomic mass is 10.2. The highest BCUT2D eigenvalue weighted by Gasteiger charge is 2.08. The Morgan fingerprint density at radius 3 is 2.47 bits per heavy atom. The summed E-state index contributed by atoms with van der Waals surface area (Å²) >= 11 is 0. The van der Waals surface area contributed by atoms with E-state index in [9.17, 15) is 4.79 Å². The standard InChI is InChI=1S/C11H17N3O/c12-7-4-8-14(11(13)15)9-10-5-2-1-3-6-10/h1-3,5-6H,4,7-9,12H2,(H2,13,15). The molecule has 0 spiro atoms. The molecule has 82 valence electrons. The fraction of sp³-hybridized carbons (Fsp3) is 0.364. The van der Waals surface area contributed by atoms with Gasteiger partial charge < -0.3 is 16.4 Å². The maximum Gasteiger partial charge on any atom is 0.315 e. The fourth-order valence-electron chi connectivity index (χ4n) is 1.35. The maximum atomic E-state index is 11.1. The second kappa shape index (κ2) is 6.03. The van der Waals surface area contributed by atoms with Gasteiger partial charge in [0.05, 0.1) is 0 Å². The first-order chi connectivity index (χ1) is 7.24. The first-order valence-corrected chi connectivity index (χ1v) is 5.02. The Kier molecular flexibility index (Phi) is 4.63. The molecule has 15 heavy (non-hydrogen) atoms. The highest BCUT2D eigenvalue weighted by atomic mass is 16.2. The van der Waals surface area contributed by atoms with Gasteiger partial charge in [-0.1, -0.05) is 30.3 Å². The van der Waals surface area contributed by atoms with Gasteiger partial charge in [-0.25, -0.2) is 4.79 Å². The summed E-state index contributed by atoms with van der Waals surface area (Å²) in [6, 6.07) is 9.37. The molecule has 4 nitrogen and oxygen atoms in total. The SMILES string of the molecule is NCCCN(Cc1ccccc1)C(N)=O. The summed E-state index contributed by atoms with van der Waals surface area (Å²) in [6.07, 6.45) is 0.774. The third-order valence-corrected chi connectivity index (χ3v) is 2.16. The zero-order chi connectivity index (χ0) is 11.1. The third kappa shape index (κ3) is 3.99. The summed E-state index contributed by atoms with van der Waals surface area (Å²) in [7, 11) is 0. The summed E-state index contributed by atoms with van der Waals surface area (Å²) in [5.41, 5.74) is 11.7. The van der Waals surface area contributed by atoms with Crippen molar-refractivity contribution < 1.29 is 4.79 Å². The van der Waals surface area contributed by atoms with Crippen LogP contribution in [0.2, 0.25) is 0 Å². The van der Waals surface area contributed by atoms with E-state index in [0.717, 1.165) is 12.0 Å². The van der Waals surface area contributed by atoms with Crippen LogP contribution in [0.5, 0.6) is 0 Å². The monoisotopic (exact) mass is 207 g/mol. The van der Waals surface area contributed by atoms with E-state index >= 15 is 0 Å². The van der Waals surface area contributed by atoms with E-state index in [1.165, 1.54) is 0 Å². The molecule has 0 unspecified atom stereocenters. The van der Waals surface area contributed by atoms with Gasteiger partial charge in [0, 0.05) is 13.1 Å². The van der Waals surface area contributed by atoms with Crippen LogP contribution in [0.4, 0.5) is 4.79 Å². The topological polar surface area (TPSA) is 72.3 Å². The maximum absolute atomic E-state index is 11.1. The van der Waals surface area contributed by atoms with E-state index in [4.69, 9.17) is 11.5 Å². The van der Waals surface area contributed by atoms with Gasteiger partial charge in [0.1, 0.15) is 0 Å². The van der Waals surface area contributed by atoms with Crippen molar-refractivity contribution in [1.29, 1.82) is 0 Å². The van der Waals surface area contributed by atoms with Gasteiger partial charge in [-0.3, -0.25) is 0 Å². The van der Waals surface area contributed by atoms with Gasteiger partial charge >= 0.3 is 6.03 Å². The van der Waals surface area contributed by atoms with Crippen LogP contribution in [0.25, 0.3) is 0 Å². The van der Waals surface area contributed by atoms with Crippen molar-refractivity contribution in [3.05, 3.63) is 35.9 Å². The van der Waals surface area contributed by atoms with Crippen LogP contribution in [0.1, 0.15) is 12.0 Å². The summed E-state index contributed by atoms with van der Waals surface area (Å²) in [6.45, 7) is 1.73. The van der Waals surface area contributed by atoms with E-state index in [1.54, 1.807) is 4.90 Å². The lowest BCUT2D eigenvalue weighted by molar-refractivity contribution is 0.204. The van der Waals surface area contributed by atoms with Gasteiger partial charge in [-0.2, -0.15) is 0 Å². The minimum atomic E-state index is -0.396. The van der Waals surface area contributed by atoms with Crippen molar-refractivity contribution in [2.24, 2.45) is 11.5 Å². The van der Waals surface area contributed by atoms with E-state index in [0.29, 0.717) is 19.6 Å². The second-order valence-corrected chi connectivity index (χ2v) is 3.39. The molecule has 0 aliphatic carbocycles. The first kappa shape index (κ1) is 11.5. The third-order valence-electron chi connectivity index (χ3n) is 2.16. The molecular formula is C11H17N3O. The summed E-state index contributed by atoms with van der Waals surface area (Å²) in [5.74, 6) is 0. The number of urea groups is 1. The summed E-state index contributed by atoms with van der Waals surface area (Å²) < 4.78 is 0. The number of amides is 2. The average molecular weight is 207 g/mol. The number of nitrogens with two attached hydrogens (primary N) is 2. The van der Waals surface area contributed by atoms with Crippen LogP contribution < -0.4 is 11.5 Å². The number of rotatable bonds is 5. The molecular weight excluding hydrogens is 190 g/mol. The molecule has 0 fully saturated rings. The highest BCUT2D eigenvalue weighted by molar-refractivity contribution is 5.71. The van der Waals surface area contributed by atoms with E-state index in [1.807, 2.05) is 30.3 Å². The summed E-state index contributed by atoms with van der Waals surface area (Å²) in [4.78, 5) is 12.7. The molecule has 4 N–H and O–H groups in total. The van der Waals surface area contributed by atoms with E-state index < -0.39 is 6.03 Å². The van der Waals surface area contributed by atoms with Gasteiger partial charge in [0.2, 0.25) is 0 Å². The lowest BCUT2D eigenvalue weighted by Crippen LogP contribution is -2.36. The second-order valence-electron chi connectivity index (χ2n) is 3.39. The zero-order valence-corrected chi connectivity index (χ0v) is 8.73. The number of carbonyl (C=O) groups is 1. The number of nitrogens with zero attached hydrogens (tertiary/aromatic N) is 1. The van der Waals surface area contributed by atoms with Crippen molar-refractivity contribution in [3.8, 4) is 0 Å². The molecule has 0 heterocycles. The summed E-state index contributed by atoms with van der Waals surface area (Å²) in [5, 5.41) is 0. The molecule has 0 radical (unpaired) electrons. The first-order valence-electron chi connectivity index (χ1n) is 5.02. The highest BCUT2D eigenvalue weighted by Crippen LogP contribution is 2.04. The number of primary amides is 1. The van der Waals surface area contributed by atoms with Gasteiger partial charge in [0.25, 0.3) is 0 Å². The number of hydrogen-bond acceptors (Lipinski definition) is 2. The van der Waals surface area contributed by atoms with Crippen LogP contribution in [0.3, 0.4) is 0 Å². The molecule has 0 aliphatic rings. The minimum absolute atomic E-state index is 0.396. The Morgan fingerprint density at radius 1 is 1.27 bits per heavy atom. The van der Waals surface area contributed by atoms with Crippen LogP contribution in [-0.4, -0.2) is 24.0 Å². The molecule has 0 saturated carbocycles. The minimum Gasteiger partial charge on any atom is -0.351 e. The van der Waals surface area contributed by atoms with Crippen molar-refractivity contribution in [3.63, 3.8) is 0 Å². The molecule has 0 saturated heterocycles. The normalized spacial score (nSPS) is 9.93. The number of carbonyl (C=O) groups excluding carboxylic acids is 1. The predicted molar refractivity (Wildman–Crippen MR) is 60.1 cm³/mol. The van der Waals surface area contributed by atoms with Crippen molar-refractivity contribution in [2.75, 3.05) is 13.1 Å². The molecule has 0 aromatic heterocycles. The lowest BCUT2D eigenvalue weighted by Gasteiger charge is -2.19. The molecule has 2 amide bonds. The van der Waals surface area contributed by atoms with Crippen LogP contribution in [0, 0.1) is 0 Å². The van der Waals surface area contributed by atoms with Crippen molar-refractivity contribution >= 4 is 6.03 Å². The van der Waals surface area contributed by atoms with Crippen molar-refractivity contribution in [2.45, 2.75) is 13.0 Å². The fourth-order valence-corrected chi connectivity index (χ4v) is 1.35. The quantitative estimate of drug-likeness (QED) is 0.753. The predicted octanol–water partition coefficient (Wildman–Crippen LogP) is 0.916. The molecule has 0 bridgehead atoms. The van der Waals surface area contributed by atoms with Gasteiger partial charge in [-0.15, -0.1) is 0 Å². The Balaban J connectivity index is 2.55. The molecule has 0 atom stereocenters. The molecule has 1 rings (SSSR count). The van der Waals surface area contributed by atoms with Gasteiger partial charge in [0.15, 0.2) is 0 Å². The largest absolute Gasteiger partial charge is 0.351 e. The Morgan fingerprint density at radius 2 is 1.93 bits per heavy atom. The number of hydrogen-bond donors (Lipinski definition) is 2. The molecule has 4 heteroatoms. The van der Waals surface area contributed by atoms with Gasteiger partial charge in [-0.05, 0) is 18.5 Å². The van der Waals surface area contributed by atoms with Crippen LogP contribution >= 0.6 is 0 Å². The Hall–Kier alpha value is -1.55. The van der Waals surface area contributed by atoms with Crippen LogP contribution in [0.15, 0.2) is 30.3 Å². The average Bonchev–Trinajstić information content (AvgIpc) is 2.25. The Labute approximate surface area is 89.9 Å². The molecule has 1 aromatic carbocycles. The van der Waals surface area contributed by atoms with Crippen LogP contribution in [-0.2, 0) is 6.54 Å². The van der Waals surface area contributed by atoms with Crippen molar-refractivity contribution in [1.82, 2.24) is 4.90 Å². The zero-order valence-electron chi connectivity index (χ0n) is 8.73. The smallest absolute Gasteiger partial charge is 0.315 e. The number of benzene rings is 1. The molecule has 1 aromatic rings.